The maximum atomic E-state index is 13.5. The van der Waals surface area contributed by atoms with E-state index in [1.807, 2.05) is 9.80 Å². The lowest BCUT2D eigenvalue weighted by molar-refractivity contribution is -0.258. The molecule has 2 aliphatic rings. The summed E-state index contributed by atoms with van der Waals surface area (Å²) < 4.78 is 73.9. The molecule has 0 spiro atoms. The number of aliphatic hydroxyl groups is 2. The molecule has 0 unspecified atom stereocenters. The number of hydrogen-bond donors (Lipinski definition) is 3. The van der Waals surface area contributed by atoms with Crippen molar-refractivity contribution in [1.82, 2.24) is 9.21 Å². The van der Waals surface area contributed by atoms with Crippen LogP contribution in [-0.4, -0.2) is 98.6 Å². The number of thiol groups is 1. The molecule has 2 fully saturated rings. The second kappa shape index (κ2) is 11.3. The van der Waals surface area contributed by atoms with Crippen LogP contribution in [0.25, 0.3) is 0 Å². The lowest BCUT2D eigenvalue weighted by Gasteiger charge is -2.46. The summed E-state index contributed by atoms with van der Waals surface area (Å²) in [6.07, 6.45) is -4.84. The normalized spacial score (nSPS) is 23.8. The van der Waals surface area contributed by atoms with Gasteiger partial charge in [-0.15, -0.1) is 12.6 Å². The molecule has 210 valence electrons. The highest BCUT2D eigenvalue weighted by molar-refractivity contribution is 7.90. The standard InChI is InChI=1S/C25H32F3N3O5S2/c1-24(33,25(26,27)28)18-6-8-19(9-7-18)31-11-10-30(38(34,35)23-5-3-2-4-22(23)37)15-20(31)14-29-12-13-36-17-21(29)16-32/h2-9,20-21,32-33,37H,10-17H2,1H3/t20-,21+,24+/m0/s1. The molecule has 38 heavy (non-hydrogen) atoms. The van der Waals surface area contributed by atoms with E-state index < -0.39 is 21.8 Å². The van der Waals surface area contributed by atoms with Crippen LogP contribution in [0.2, 0.25) is 0 Å². The number of anilines is 1. The number of halogens is 3. The van der Waals surface area contributed by atoms with Crippen LogP contribution in [0.4, 0.5) is 18.9 Å². The molecule has 0 amide bonds. The lowest BCUT2D eigenvalue weighted by atomic mass is 9.95. The fraction of sp³-hybridized carbons (Fsp3) is 0.520. The van der Waals surface area contributed by atoms with Crippen molar-refractivity contribution >= 4 is 28.3 Å². The minimum atomic E-state index is -4.84. The van der Waals surface area contributed by atoms with Crippen molar-refractivity contribution in [3.05, 3.63) is 54.1 Å². The van der Waals surface area contributed by atoms with Gasteiger partial charge in [0, 0.05) is 43.3 Å². The zero-order chi connectivity index (χ0) is 27.7. The quantitative estimate of drug-likeness (QED) is 0.437. The largest absolute Gasteiger partial charge is 0.421 e. The summed E-state index contributed by atoms with van der Waals surface area (Å²) in [5.41, 5.74) is -2.68. The SMILES string of the molecule is C[C@@](O)(c1ccc(N2CCN(S(=O)(=O)c3ccccc3S)C[C@@H]2CN2CCOC[C@H]2CO)cc1)C(F)(F)F. The van der Waals surface area contributed by atoms with Gasteiger partial charge in [0.25, 0.3) is 0 Å². The first-order chi connectivity index (χ1) is 17.9. The Morgan fingerprint density at radius 1 is 1.05 bits per heavy atom. The average Bonchev–Trinajstić information content (AvgIpc) is 2.88. The highest BCUT2D eigenvalue weighted by Crippen LogP contribution is 2.39. The van der Waals surface area contributed by atoms with Crippen molar-refractivity contribution < 1.29 is 36.5 Å². The van der Waals surface area contributed by atoms with E-state index in [1.54, 1.807) is 18.2 Å². The van der Waals surface area contributed by atoms with Crippen LogP contribution in [0, 0.1) is 0 Å². The van der Waals surface area contributed by atoms with Crippen LogP contribution in [0.15, 0.2) is 58.3 Å². The fourth-order valence-corrected chi connectivity index (χ4v) is 6.92. The number of hydrogen-bond acceptors (Lipinski definition) is 8. The van der Waals surface area contributed by atoms with Gasteiger partial charge in [0.15, 0.2) is 5.60 Å². The van der Waals surface area contributed by atoms with Crippen molar-refractivity contribution in [3.63, 3.8) is 0 Å². The Morgan fingerprint density at radius 2 is 1.74 bits per heavy atom. The fourth-order valence-electron chi connectivity index (χ4n) is 4.87. The highest BCUT2D eigenvalue weighted by atomic mass is 32.2. The number of benzene rings is 2. The monoisotopic (exact) mass is 575 g/mol. The van der Waals surface area contributed by atoms with Crippen molar-refractivity contribution in [3.8, 4) is 0 Å². The predicted octanol–water partition coefficient (Wildman–Crippen LogP) is 2.32. The summed E-state index contributed by atoms with van der Waals surface area (Å²) in [4.78, 5) is 4.46. The van der Waals surface area contributed by atoms with Crippen LogP contribution >= 0.6 is 12.6 Å². The highest BCUT2D eigenvalue weighted by Gasteiger charge is 2.51. The minimum absolute atomic E-state index is 0.105. The van der Waals surface area contributed by atoms with Crippen LogP contribution in [0.1, 0.15) is 12.5 Å². The van der Waals surface area contributed by atoms with Gasteiger partial charge < -0.3 is 19.8 Å². The first kappa shape index (κ1) is 29.1. The van der Waals surface area contributed by atoms with Gasteiger partial charge in [-0.25, -0.2) is 8.42 Å². The molecule has 4 rings (SSSR count). The molecule has 8 nitrogen and oxygen atoms in total. The van der Waals surface area contributed by atoms with Gasteiger partial charge in [0.05, 0.1) is 36.8 Å². The molecule has 2 N–H and O–H groups in total. The average molecular weight is 576 g/mol. The second-order valence-electron chi connectivity index (χ2n) is 9.70. The predicted molar refractivity (Wildman–Crippen MR) is 139 cm³/mol. The van der Waals surface area contributed by atoms with Crippen LogP contribution in [0.5, 0.6) is 0 Å². The molecule has 2 aromatic carbocycles. The summed E-state index contributed by atoms with van der Waals surface area (Å²) in [5, 5.41) is 19.9. The van der Waals surface area contributed by atoms with Gasteiger partial charge in [-0.3, -0.25) is 4.90 Å². The molecule has 2 aromatic rings. The molecule has 0 saturated carbocycles. The van der Waals surface area contributed by atoms with E-state index in [9.17, 15) is 31.8 Å². The zero-order valence-electron chi connectivity index (χ0n) is 20.9. The number of nitrogens with zero attached hydrogens (tertiary/aromatic N) is 3. The van der Waals surface area contributed by atoms with Gasteiger partial charge in [0.2, 0.25) is 10.0 Å². The molecule has 2 aliphatic heterocycles. The van der Waals surface area contributed by atoms with Gasteiger partial charge in [-0.2, -0.15) is 17.5 Å². The Bertz CT molecular complexity index is 1210. The second-order valence-corrected chi connectivity index (χ2v) is 12.1. The number of ether oxygens (including phenoxy) is 1. The Kier molecular flexibility index (Phi) is 8.67. The van der Waals surface area contributed by atoms with E-state index in [0.29, 0.717) is 50.4 Å². The molecule has 2 saturated heterocycles. The van der Waals surface area contributed by atoms with Gasteiger partial charge in [0.1, 0.15) is 0 Å². The molecular formula is C25H32F3N3O5S2. The van der Waals surface area contributed by atoms with E-state index in [4.69, 9.17) is 4.74 Å². The van der Waals surface area contributed by atoms with Crippen molar-refractivity contribution in [1.29, 1.82) is 0 Å². The molecule has 0 radical (unpaired) electrons. The van der Waals surface area contributed by atoms with Crippen LogP contribution < -0.4 is 4.90 Å². The number of aliphatic hydroxyl groups excluding tert-OH is 1. The van der Waals surface area contributed by atoms with Crippen molar-refractivity contribution in [2.24, 2.45) is 0 Å². The summed E-state index contributed by atoms with van der Waals surface area (Å²) in [5.74, 6) is 0. The molecule has 3 atom stereocenters. The Morgan fingerprint density at radius 3 is 2.37 bits per heavy atom. The molecule has 13 heteroatoms. The third-order valence-corrected chi connectivity index (χ3v) is 9.71. The molecule has 0 aromatic heterocycles. The molecule has 0 bridgehead atoms. The molecule has 2 heterocycles. The van der Waals surface area contributed by atoms with Crippen LogP contribution in [-0.2, 0) is 20.4 Å². The summed E-state index contributed by atoms with van der Waals surface area (Å²) >= 11 is 4.32. The Balaban J connectivity index is 1.63. The maximum Gasteiger partial charge on any atom is 0.421 e. The van der Waals surface area contributed by atoms with Crippen LogP contribution in [0.3, 0.4) is 0 Å². The number of alkyl halides is 3. The van der Waals surface area contributed by atoms with Gasteiger partial charge >= 0.3 is 6.18 Å². The minimum Gasteiger partial charge on any atom is -0.395 e. The number of rotatable bonds is 7. The summed E-state index contributed by atoms with van der Waals surface area (Å²) in [7, 11) is -3.85. The van der Waals surface area contributed by atoms with E-state index in [-0.39, 0.29) is 42.2 Å². The van der Waals surface area contributed by atoms with E-state index in [1.165, 1.54) is 34.6 Å². The maximum absolute atomic E-state index is 13.5. The third kappa shape index (κ3) is 5.83. The molecular weight excluding hydrogens is 543 g/mol. The first-order valence-corrected chi connectivity index (χ1v) is 14.1. The zero-order valence-corrected chi connectivity index (χ0v) is 22.6. The number of sulfonamides is 1. The van der Waals surface area contributed by atoms with E-state index in [2.05, 4.69) is 12.6 Å². The summed E-state index contributed by atoms with van der Waals surface area (Å²) in [6, 6.07) is 11.3. The summed E-state index contributed by atoms with van der Waals surface area (Å²) in [6.45, 7) is 2.95. The topological polar surface area (TPSA) is 93.6 Å². The smallest absolute Gasteiger partial charge is 0.395 e. The van der Waals surface area contributed by atoms with Gasteiger partial charge in [-0.1, -0.05) is 24.3 Å². The van der Waals surface area contributed by atoms with Crippen molar-refractivity contribution in [2.75, 3.05) is 57.4 Å². The molecule has 0 aliphatic carbocycles. The Hall–Kier alpha value is -1.87. The Labute approximate surface area is 226 Å². The van der Waals surface area contributed by atoms with E-state index >= 15 is 0 Å². The van der Waals surface area contributed by atoms with E-state index in [0.717, 1.165) is 0 Å². The van der Waals surface area contributed by atoms with Crippen molar-refractivity contribution in [2.45, 2.75) is 40.6 Å². The first-order valence-electron chi connectivity index (χ1n) is 12.2. The van der Waals surface area contributed by atoms with Gasteiger partial charge in [-0.05, 0) is 36.8 Å². The third-order valence-electron chi connectivity index (χ3n) is 7.25. The number of piperazine rings is 1. The lowest BCUT2D eigenvalue weighted by Crippen LogP contribution is -2.61. The number of morpholine rings is 1.